The predicted octanol–water partition coefficient (Wildman–Crippen LogP) is 2.41. The van der Waals surface area contributed by atoms with E-state index in [0.717, 1.165) is 0 Å². The van der Waals surface area contributed by atoms with Crippen LogP contribution in [0.1, 0.15) is 18.5 Å². The minimum absolute atomic E-state index is 0.352. The van der Waals surface area contributed by atoms with Gasteiger partial charge in [0.2, 0.25) is 0 Å². The lowest BCUT2D eigenvalue weighted by atomic mass is 9.99. The SMILES string of the molecule is CC(N)C(c1ccccc1F)N(C)CC(F)F. The molecule has 0 spiro atoms. The van der Waals surface area contributed by atoms with Crippen LogP contribution in [-0.2, 0) is 0 Å². The first-order chi connectivity index (χ1) is 7.93. The molecule has 2 nitrogen and oxygen atoms in total. The van der Waals surface area contributed by atoms with Crippen LogP contribution in [0, 0.1) is 5.82 Å². The molecule has 0 fully saturated rings. The van der Waals surface area contributed by atoms with E-state index in [1.165, 1.54) is 18.0 Å². The number of nitrogens with two attached hydrogens (primary N) is 1. The molecule has 17 heavy (non-hydrogen) atoms. The highest BCUT2D eigenvalue weighted by Crippen LogP contribution is 2.25. The molecule has 0 heterocycles. The van der Waals surface area contributed by atoms with E-state index in [-0.39, 0.29) is 0 Å². The Balaban J connectivity index is 2.97. The van der Waals surface area contributed by atoms with Gasteiger partial charge >= 0.3 is 0 Å². The molecule has 0 aromatic heterocycles. The topological polar surface area (TPSA) is 29.3 Å². The standard InChI is InChI=1S/C12H17F3N2/c1-8(16)12(17(2)7-11(14)15)9-5-3-4-6-10(9)13/h3-6,8,11-12H,7,16H2,1-2H3. The van der Waals surface area contributed by atoms with Crippen molar-refractivity contribution in [3.05, 3.63) is 35.6 Å². The van der Waals surface area contributed by atoms with E-state index in [0.29, 0.717) is 5.56 Å². The quantitative estimate of drug-likeness (QED) is 0.864. The molecule has 0 saturated carbocycles. The molecule has 2 N–H and O–H groups in total. The molecule has 0 aliphatic carbocycles. The Bertz CT molecular complexity index is 355. The molecule has 1 rings (SSSR count). The normalized spacial score (nSPS) is 15.3. The van der Waals surface area contributed by atoms with Gasteiger partial charge in [-0.2, -0.15) is 0 Å². The molecule has 0 amide bonds. The van der Waals surface area contributed by atoms with E-state index in [1.807, 2.05) is 0 Å². The Kier molecular flexibility index (Phi) is 4.96. The van der Waals surface area contributed by atoms with Crippen LogP contribution in [0.4, 0.5) is 13.2 Å². The van der Waals surface area contributed by atoms with E-state index < -0.39 is 30.9 Å². The minimum atomic E-state index is -2.46. The molecule has 0 aliphatic heterocycles. The third-order valence-corrected chi connectivity index (χ3v) is 2.62. The summed E-state index contributed by atoms with van der Waals surface area (Å²) in [5.41, 5.74) is 6.11. The zero-order valence-electron chi connectivity index (χ0n) is 9.91. The summed E-state index contributed by atoms with van der Waals surface area (Å²) in [5, 5.41) is 0. The van der Waals surface area contributed by atoms with Crippen LogP contribution in [0.3, 0.4) is 0 Å². The summed E-state index contributed by atoms with van der Waals surface area (Å²) in [4.78, 5) is 1.38. The van der Waals surface area contributed by atoms with E-state index in [1.54, 1.807) is 25.1 Å². The molecule has 1 aromatic rings. The van der Waals surface area contributed by atoms with Gasteiger partial charge in [0.1, 0.15) is 5.82 Å². The van der Waals surface area contributed by atoms with E-state index >= 15 is 0 Å². The monoisotopic (exact) mass is 246 g/mol. The molecule has 96 valence electrons. The number of likely N-dealkylation sites (N-methyl/N-ethyl adjacent to an activating group) is 1. The Morgan fingerprint density at radius 1 is 1.29 bits per heavy atom. The van der Waals surface area contributed by atoms with Crippen molar-refractivity contribution in [1.29, 1.82) is 0 Å². The van der Waals surface area contributed by atoms with Gasteiger partial charge in [-0.05, 0) is 20.0 Å². The molecule has 2 unspecified atom stereocenters. The Hall–Kier alpha value is -1.07. The van der Waals surface area contributed by atoms with Crippen LogP contribution in [0.25, 0.3) is 0 Å². The zero-order chi connectivity index (χ0) is 13.0. The maximum absolute atomic E-state index is 13.6. The van der Waals surface area contributed by atoms with Crippen molar-refractivity contribution in [2.45, 2.75) is 25.4 Å². The smallest absolute Gasteiger partial charge is 0.251 e. The van der Waals surface area contributed by atoms with Gasteiger partial charge in [-0.25, -0.2) is 13.2 Å². The van der Waals surface area contributed by atoms with Crippen molar-refractivity contribution in [3.63, 3.8) is 0 Å². The van der Waals surface area contributed by atoms with Gasteiger partial charge in [-0.15, -0.1) is 0 Å². The van der Waals surface area contributed by atoms with E-state index in [4.69, 9.17) is 5.73 Å². The van der Waals surface area contributed by atoms with Gasteiger partial charge in [0.25, 0.3) is 6.43 Å². The number of benzene rings is 1. The molecular formula is C12H17F3N2. The summed E-state index contributed by atoms with van der Waals surface area (Å²) in [5.74, 6) is -0.420. The summed E-state index contributed by atoms with van der Waals surface area (Å²) in [6, 6.07) is 5.13. The number of nitrogens with zero attached hydrogens (tertiary/aromatic N) is 1. The summed E-state index contributed by atoms with van der Waals surface area (Å²) >= 11 is 0. The predicted molar refractivity (Wildman–Crippen MR) is 61.4 cm³/mol. The summed E-state index contributed by atoms with van der Waals surface area (Å²) in [7, 11) is 1.52. The van der Waals surface area contributed by atoms with Crippen molar-refractivity contribution in [2.24, 2.45) is 5.73 Å². The second-order valence-corrected chi connectivity index (χ2v) is 4.16. The fourth-order valence-electron chi connectivity index (χ4n) is 1.97. The first-order valence-corrected chi connectivity index (χ1v) is 5.42. The van der Waals surface area contributed by atoms with Gasteiger partial charge in [0.15, 0.2) is 0 Å². The first kappa shape index (κ1) is 14.0. The van der Waals surface area contributed by atoms with Crippen molar-refractivity contribution in [2.75, 3.05) is 13.6 Å². The molecule has 0 bridgehead atoms. The Morgan fingerprint density at radius 2 is 1.88 bits per heavy atom. The highest BCUT2D eigenvalue weighted by Gasteiger charge is 2.25. The third kappa shape index (κ3) is 3.71. The van der Waals surface area contributed by atoms with Gasteiger partial charge in [0.05, 0.1) is 12.6 Å². The van der Waals surface area contributed by atoms with E-state index in [2.05, 4.69) is 0 Å². The van der Waals surface area contributed by atoms with Crippen molar-refractivity contribution < 1.29 is 13.2 Å². The van der Waals surface area contributed by atoms with Crippen LogP contribution in [0.15, 0.2) is 24.3 Å². The molecule has 0 radical (unpaired) electrons. The second-order valence-electron chi connectivity index (χ2n) is 4.16. The zero-order valence-corrected chi connectivity index (χ0v) is 9.91. The number of rotatable bonds is 5. The lowest BCUT2D eigenvalue weighted by Crippen LogP contribution is -2.39. The van der Waals surface area contributed by atoms with Crippen LogP contribution in [0.2, 0.25) is 0 Å². The lowest BCUT2D eigenvalue weighted by molar-refractivity contribution is 0.0745. The largest absolute Gasteiger partial charge is 0.326 e. The average Bonchev–Trinajstić information content (AvgIpc) is 2.19. The Labute approximate surface area is 99.2 Å². The van der Waals surface area contributed by atoms with E-state index in [9.17, 15) is 13.2 Å². The van der Waals surface area contributed by atoms with Crippen molar-refractivity contribution in [3.8, 4) is 0 Å². The maximum Gasteiger partial charge on any atom is 0.251 e. The lowest BCUT2D eigenvalue weighted by Gasteiger charge is -2.31. The molecule has 5 heteroatoms. The molecule has 2 atom stereocenters. The van der Waals surface area contributed by atoms with Gasteiger partial charge < -0.3 is 5.73 Å². The fraction of sp³-hybridized carbons (Fsp3) is 0.500. The first-order valence-electron chi connectivity index (χ1n) is 5.42. The summed E-state index contributed by atoms with van der Waals surface area (Å²) in [6.07, 6.45) is -2.46. The Morgan fingerprint density at radius 3 is 2.35 bits per heavy atom. The molecule has 0 aliphatic rings. The van der Waals surface area contributed by atoms with Crippen LogP contribution in [-0.4, -0.2) is 31.0 Å². The minimum Gasteiger partial charge on any atom is -0.326 e. The van der Waals surface area contributed by atoms with Gasteiger partial charge in [-0.1, -0.05) is 18.2 Å². The van der Waals surface area contributed by atoms with Crippen LogP contribution < -0.4 is 5.73 Å². The molecule has 0 saturated heterocycles. The molecular weight excluding hydrogens is 229 g/mol. The number of alkyl halides is 2. The van der Waals surface area contributed by atoms with Crippen LogP contribution >= 0.6 is 0 Å². The average molecular weight is 246 g/mol. The summed E-state index contributed by atoms with van der Waals surface area (Å²) < 4.78 is 38.3. The van der Waals surface area contributed by atoms with Crippen molar-refractivity contribution in [1.82, 2.24) is 4.90 Å². The highest BCUT2D eigenvalue weighted by molar-refractivity contribution is 5.22. The van der Waals surface area contributed by atoms with Crippen LogP contribution in [0.5, 0.6) is 0 Å². The van der Waals surface area contributed by atoms with Gasteiger partial charge in [-0.3, -0.25) is 4.90 Å². The van der Waals surface area contributed by atoms with Gasteiger partial charge in [0, 0.05) is 11.6 Å². The highest BCUT2D eigenvalue weighted by atomic mass is 19.3. The molecule has 1 aromatic carbocycles. The summed E-state index contributed by atoms with van der Waals surface area (Å²) in [6.45, 7) is 1.25. The number of hydrogen-bond donors (Lipinski definition) is 1. The number of halogens is 3. The third-order valence-electron chi connectivity index (χ3n) is 2.62. The maximum atomic E-state index is 13.6. The second kappa shape index (κ2) is 6.02. The number of hydrogen-bond acceptors (Lipinski definition) is 2. The van der Waals surface area contributed by atoms with Crippen molar-refractivity contribution >= 4 is 0 Å². The fourth-order valence-corrected chi connectivity index (χ4v) is 1.97.